The summed E-state index contributed by atoms with van der Waals surface area (Å²) in [6.45, 7) is 0. The van der Waals surface area contributed by atoms with E-state index in [0.29, 0.717) is 0 Å². The van der Waals surface area contributed by atoms with Gasteiger partial charge in [0, 0.05) is 10.2 Å². The summed E-state index contributed by atoms with van der Waals surface area (Å²) in [4.78, 5) is 0. The molecule has 2 nitrogen and oxygen atoms in total. The third-order valence-corrected chi connectivity index (χ3v) is 3.43. The molecule has 2 N–H and O–H groups in total. The molecule has 50 valence electrons. The van der Waals surface area contributed by atoms with Crippen molar-refractivity contribution in [3.05, 3.63) is 0 Å². The first-order valence-corrected chi connectivity index (χ1v) is 4.54. The molecule has 0 saturated heterocycles. The van der Waals surface area contributed by atoms with Crippen LogP contribution in [0.4, 0.5) is 0 Å². The molecular weight excluding hydrogens is 140 g/mol. The molecule has 0 unspecified atom stereocenters. The van der Waals surface area contributed by atoms with Crippen molar-refractivity contribution < 1.29 is 0 Å². The number of halogens is 1. The van der Waals surface area contributed by atoms with Crippen LogP contribution in [0.3, 0.4) is 0 Å². The molecule has 0 spiro atoms. The molecule has 0 aromatic heterocycles. The molecule has 0 aliphatic heterocycles. The SMILES string of the molecule is CNC(Cl)(C[SiH3])NC. The summed E-state index contributed by atoms with van der Waals surface area (Å²) in [7, 11) is 4.81. The van der Waals surface area contributed by atoms with Crippen LogP contribution in [-0.2, 0) is 0 Å². The first kappa shape index (κ1) is 8.43. The van der Waals surface area contributed by atoms with Gasteiger partial charge in [0.1, 0.15) is 5.12 Å². The van der Waals surface area contributed by atoms with Gasteiger partial charge in [-0.25, -0.2) is 0 Å². The van der Waals surface area contributed by atoms with Gasteiger partial charge in [-0.05, 0) is 20.1 Å². The second kappa shape index (κ2) is 3.45. The summed E-state index contributed by atoms with van der Waals surface area (Å²) in [6, 6.07) is 1.00. The highest BCUT2D eigenvalue weighted by Gasteiger charge is 2.17. The summed E-state index contributed by atoms with van der Waals surface area (Å²) in [5, 5.41) is 5.59. The largest absolute Gasteiger partial charge is 0.290 e. The maximum atomic E-state index is 5.91. The van der Waals surface area contributed by atoms with Crippen LogP contribution in [0.25, 0.3) is 0 Å². The van der Waals surface area contributed by atoms with Crippen molar-refractivity contribution in [1.29, 1.82) is 0 Å². The Morgan fingerprint density at radius 2 is 1.88 bits per heavy atom. The molecule has 0 rings (SSSR count). The van der Waals surface area contributed by atoms with Crippen molar-refractivity contribution in [2.24, 2.45) is 0 Å². The lowest BCUT2D eigenvalue weighted by Gasteiger charge is -2.23. The predicted octanol–water partition coefficient (Wildman–Crippen LogP) is -0.899. The van der Waals surface area contributed by atoms with Crippen molar-refractivity contribution in [3.8, 4) is 0 Å². The first-order chi connectivity index (χ1) is 3.68. The highest BCUT2D eigenvalue weighted by molar-refractivity contribution is 6.27. The molecule has 0 atom stereocenters. The van der Waals surface area contributed by atoms with Crippen LogP contribution in [0.1, 0.15) is 0 Å². The summed E-state index contributed by atoms with van der Waals surface area (Å²) in [5.41, 5.74) is 0. The van der Waals surface area contributed by atoms with E-state index in [4.69, 9.17) is 11.6 Å². The Kier molecular flexibility index (Phi) is 3.64. The standard InChI is InChI=1S/C4H13ClN2Si/c1-6-4(5,3-8)7-2/h6-7H,3H2,1-2,8H3. The van der Waals surface area contributed by atoms with E-state index in [0.717, 1.165) is 16.3 Å². The Morgan fingerprint density at radius 1 is 1.50 bits per heavy atom. The monoisotopic (exact) mass is 152 g/mol. The summed E-state index contributed by atoms with van der Waals surface area (Å²) in [6.07, 6.45) is 0. The molecule has 0 aromatic carbocycles. The van der Waals surface area contributed by atoms with Gasteiger partial charge in [0.25, 0.3) is 0 Å². The van der Waals surface area contributed by atoms with E-state index in [9.17, 15) is 0 Å². The molecule has 0 aliphatic rings. The van der Waals surface area contributed by atoms with E-state index in [-0.39, 0.29) is 5.12 Å². The highest BCUT2D eigenvalue weighted by atomic mass is 35.5. The van der Waals surface area contributed by atoms with Crippen LogP contribution in [-0.4, -0.2) is 29.5 Å². The molecule has 0 fully saturated rings. The molecule has 0 heterocycles. The Hall–Kier alpha value is 0.427. The van der Waals surface area contributed by atoms with Gasteiger partial charge in [-0.15, -0.1) is 0 Å². The van der Waals surface area contributed by atoms with Gasteiger partial charge in [0.05, 0.1) is 0 Å². The quantitative estimate of drug-likeness (QED) is 0.237. The van der Waals surface area contributed by atoms with E-state index >= 15 is 0 Å². The van der Waals surface area contributed by atoms with Gasteiger partial charge < -0.3 is 0 Å². The topological polar surface area (TPSA) is 24.1 Å². The van der Waals surface area contributed by atoms with E-state index in [2.05, 4.69) is 10.6 Å². The van der Waals surface area contributed by atoms with Crippen molar-refractivity contribution in [1.82, 2.24) is 10.6 Å². The number of rotatable bonds is 3. The van der Waals surface area contributed by atoms with Crippen LogP contribution in [0.15, 0.2) is 0 Å². The number of hydrogen-bond acceptors (Lipinski definition) is 2. The Balaban J connectivity index is 3.58. The summed E-state index contributed by atoms with van der Waals surface area (Å²) >= 11 is 5.91. The first-order valence-electron chi connectivity index (χ1n) is 2.75. The zero-order chi connectivity index (χ0) is 6.62. The third-order valence-electron chi connectivity index (χ3n) is 1.28. The molecule has 4 heteroatoms. The fourth-order valence-corrected chi connectivity index (χ4v) is 1.19. The average Bonchev–Trinajstić information content (AvgIpc) is 1.87. The average molecular weight is 153 g/mol. The van der Waals surface area contributed by atoms with Crippen LogP contribution in [0.5, 0.6) is 0 Å². The second-order valence-electron chi connectivity index (χ2n) is 1.65. The van der Waals surface area contributed by atoms with Gasteiger partial charge in [0.15, 0.2) is 0 Å². The zero-order valence-electron chi connectivity index (χ0n) is 5.59. The lowest BCUT2D eigenvalue weighted by Crippen LogP contribution is -2.48. The normalized spacial score (nSPS) is 12.4. The van der Waals surface area contributed by atoms with Crippen molar-refractivity contribution in [2.75, 3.05) is 14.1 Å². The van der Waals surface area contributed by atoms with E-state index in [1.165, 1.54) is 0 Å². The fraction of sp³-hybridized carbons (Fsp3) is 1.00. The Labute approximate surface area is 58.4 Å². The molecular formula is C4H13ClN2Si. The molecule has 0 radical (unpaired) electrons. The van der Waals surface area contributed by atoms with Crippen molar-refractivity contribution in [3.63, 3.8) is 0 Å². The van der Waals surface area contributed by atoms with Crippen LogP contribution in [0.2, 0.25) is 6.04 Å². The zero-order valence-corrected chi connectivity index (χ0v) is 8.34. The maximum absolute atomic E-state index is 5.91. The molecule has 0 saturated carbocycles. The molecule has 0 aliphatic carbocycles. The highest BCUT2D eigenvalue weighted by Crippen LogP contribution is 2.07. The summed E-state index contributed by atoms with van der Waals surface area (Å²) < 4.78 is 0. The van der Waals surface area contributed by atoms with Crippen LogP contribution < -0.4 is 10.6 Å². The minimum absolute atomic E-state index is 0.341. The van der Waals surface area contributed by atoms with Gasteiger partial charge in [-0.3, -0.25) is 10.6 Å². The van der Waals surface area contributed by atoms with Crippen LogP contribution >= 0.6 is 11.6 Å². The second-order valence-corrected chi connectivity index (χ2v) is 3.01. The fourth-order valence-electron chi connectivity index (χ4n) is 0.479. The summed E-state index contributed by atoms with van der Waals surface area (Å²) in [5.74, 6) is 0. The lowest BCUT2D eigenvalue weighted by atomic mass is 10.5. The van der Waals surface area contributed by atoms with Gasteiger partial charge in [-0.2, -0.15) is 0 Å². The Morgan fingerprint density at radius 3 is 1.88 bits per heavy atom. The van der Waals surface area contributed by atoms with Gasteiger partial charge >= 0.3 is 0 Å². The lowest BCUT2D eigenvalue weighted by molar-refractivity contribution is 0.472. The number of hydrogen-bond donors (Lipinski definition) is 2. The molecule has 8 heavy (non-hydrogen) atoms. The minimum atomic E-state index is -0.341. The van der Waals surface area contributed by atoms with Crippen LogP contribution in [0, 0.1) is 0 Å². The maximum Gasteiger partial charge on any atom is 0.142 e. The van der Waals surface area contributed by atoms with E-state index in [1.807, 2.05) is 14.1 Å². The Bertz CT molecular complexity index is 56.8. The van der Waals surface area contributed by atoms with E-state index in [1.54, 1.807) is 0 Å². The van der Waals surface area contributed by atoms with Crippen molar-refractivity contribution >= 4 is 21.8 Å². The van der Waals surface area contributed by atoms with E-state index < -0.39 is 0 Å². The minimum Gasteiger partial charge on any atom is -0.290 e. The molecule has 0 bridgehead atoms. The number of nitrogens with one attached hydrogen (secondary N) is 2. The smallest absolute Gasteiger partial charge is 0.142 e. The van der Waals surface area contributed by atoms with Gasteiger partial charge in [0.2, 0.25) is 0 Å². The predicted molar refractivity (Wildman–Crippen MR) is 41.4 cm³/mol. The number of alkyl halides is 1. The molecule has 0 aromatic rings. The third kappa shape index (κ3) is 2.13. The van der Waals surface area contributed by atoms with Crippen molar-refractivity contribution in [2.45, 2.75) is 11.2 Å². The van der Waals surface area contributed by atoms with Gasteiger partial charge in [-0.1, -0.05) is 11.6 Å². The molecule has 0 amide bonds.